The molecule has 1 aromatic heterocycles. The Balaban J connectivity index is 1.62. The van der Waals surface area contributed by atoms with E-state index in [1.54, 1.807) is 0 Å². The number of nitrogens with zero attached hydrogens (tertiary/aromatic N) is 1. The Bertz CT molecular complexity index is 822. The largest absolute Gasteiger partial charge is 0.344 e. The summed E-state index contributed by atoms with van der Waals surface area (Å²) in [6.07, 6.45) is 1.97. The maximum Gasteiger partial charge on any atom is 0.272 e. The molecule has 0 unspecified atom stereocenters. The Hall–Kier alpha value is -2.62. The van der Waals surface area contributed by atoms with Crippen LogP contribution in [0.15, 0.2) is 48.5 Å². The first kappa shape index (κ1) is 12.1. The molecule has 3 aromatic rings. The zero-order chi connectivity index (χ0) is 14.2. The molecule has 1 heterocycles. The monoisotopic (exact) mass is 277 g/mol. The molecule has 0 saturated heterocycles. The van der Waals surface area contributed by atoms with Crippen LogP contribution in [-0.4, -0.2) is 16.1 Å². The molecule has 0 aliphatic heterocycles. The summed E-state index contributed by atoms with van der Waals surface area (Å²) in [5, 5.41) is 11.0. The number of nitrogens with one attached hydrogen (secondary N) is 2. The van der Waals surface area contributed by atoms with Crippen LogP contribution >= 0.6 is 0 Å². The summed E-state index contributed by atoms with van der Waals surface area (Å²) in [6, 6.07) is 16.1. The molecule has 0 bridgehead atoms. The highest BCUT2D eigenvalue weighted by atomic mass is 16.2. The van der Waals surface area contributed by atoms with Gasteiger partial charge < -0.3 is 5.32 Å². The second-order valence-electron chi connectivity index (χ2n) is 5.38. The van der Waals surface area contributed by atoms with Crippen molar-refractivity contribution in [2.45, 2.75) is 18.9 Å². The molecule has 104 valence electrons. The first-order valence-corrected chi connectivity index (χ1v) is 7.15. The van der Waals surface area contributed by atoms with Crippen molar-refractivity contribution >= 4 is 16.8 Å². The van der Waals surface area contributed by atoms with Gasteiger partial charge in [-0.05, 0) is 30.0 Å². The van der Waals surface area contributed by atoms with E-state index < -0.39 is 0 Å². The first-order chi connectivity index (χ1) is 10.3. The zero-order valence-electron chi connectivity index (χ0n) is 11.5. The van der Waals surface area contributed by atoms with Crippen molar-refractivity contribution < 1.29 is 4.79 Å². The van der Waals surface area contributed by atoms with Gasteiger partial charge in [-0.2, -0.15) is 5.10 Å². The number of amides is 1. The minimum atomic E-state index is -0.117. The predicted molar refractivity (Wildman–Crippen MR) is 81.1 cm³/mol. The standard InChI is InChI=1S/C17H15N3O/c21-17(16-13-7-3-4-8-15(13)19-20-16)18-14-10-9-11-5-1-2-6-12(11)14/h1-8,14H,9-10H2,(H,18,21)(H,19,20)/t14-/m0/s1. The van der Waals surface area contributed by atoms with Gasteiger partial charge in [-0.1, -0.05) is 42.5 Å². The van der Waals surface area contributed by atoms with Crippen molar-refractivity contribution in [1.29, 1.82) is 0 Å². The van der Waals surface area contributed by atoms with Crippen molar-refractivity contribution in [3.05, 3.63) is 65.4 Å². The third-order valence-electron chi connectivity index (χ3n) is 4.12. The van der Waals surface area contributed by atoms with Crippen molar-refractivity contribution in [1.82, 2.24) is 15.5 Å². The summed E-state index contributed by atoms with van der Waals surface area (Å²) >= 11 is 0. The average Bonchev–Trinajstić information content (AvgIpc) is 3.12. The maximum atomic E-state index is 12.5. The van der Waals surface area contributed by atoms with E-state index in [4.69, 9.17) is 0 Å². The summed E-state index contributed by atoms with van der Waals surface area (Å²) < 4.78 is 0. The molecule has 0 fully saturated rings. The molecule has 1 amide bonds. The number of carbonyl (C=O) groups excluding carboxylic acids is 1. The Morgan fingerprint density at radius 1 is 1.14 bits per heavy atom. The molecule has 0 spiro atoms. The highest BCUT2D eigenvalue weighted by molar-refractivity contribution is 6.04. The van der Waals surface area contributed by atoms with Gasteiger partial charge in [-0.15, -0.1) is 0 Å². The van der Waals surface area contributed by atoms with Gasteiger partial charge in [0.05, 0.1) is 11.6 Å². The lowest BCUT2D eigenvalue weighted by molar-refractivity contribution is 0.0933. The maximum absolute atomic E-state index is 12.5. The average molecular weight is 277 g/mol. The molecule has 2 aromatic carbocycles. The van der Waals surface area contributed by atoms with Gasteiger partial charge >= 0.3 is 0 Å². The summed E-state index contributed by atoms with van der Waals surface area (Å²) in [5.41, 5.74) is 3.91. The highest BCUT2D eigenvalue weighted by Crippen LogP contribution is 2.31. The molecule has 4 rings (SSSR count). The van der Waals surface area contributed by atoms with E-state index in [2.05, 4.69) is 27.6 Å². The number of para-hydroxylation sites is 1. The topological polar surface area (TPSA) is 57.8 Å². The van der Waals surface area contributed by atoms with E-state index in [1.807, 2.05) is 36.4 Å². The number of fused-ring (bicyclic) bond motifs is 2. The lowest BCUT2D eigenvalue weighted by Gasteiger charge is -2.13. The molecule has 2 N–H and O–H groups in total. The van der Waals surface area contributed by atoms with Crippen molar-refractivity contribution in [2.75, 3.05) is 0 Å². The Labute approximate surface area is 122 Å². The Kier molecular flexibility index (Phi) is 2.74. The van der Waals surface area contributed by atoms with Crippen LogP contribution in [0.25, 0.3) is 10.9 Å². The number of rotatable bonds is 2. The first-order valence-electron chi connectivity index (χ1n) is 7.15. The second kappa shape index (κ2) is 4.74. The number of aromatic amines is 1. The molecule has 0 saturated carbocycles. The summed E-state index contributed by atoms with van der Waals surface area (Å²) in [5.74, 6) is -0.117. The van der Waals surface area contributed by atoms with Crippen LogP contribution in [0.4, 0.5) is 0 Å². The van der Waals surface area contributed by atoms with Gasteiger partial charge in [-0.3, -0.25) is 9.89 Å². The van der Waals surface area contributed by atoms with E-state index in [9.17, 15) is 4.79 Å². The van der Waals surface area contributed by atoms with Crippen LogP contribution in [0.5, 0.6) is 0 Å². The van der Waals surface area contributed by atoms with Gasteiger partial charge in [0, 0.05) is 5.39 Å². The number of benzene rings is 2. The summed E-state index contributed by atoms with van der Waals surface area (Å²) in [6.45, 7) is 0. The predicted octanol–water partition coefficient (Wildman–Crippen LogP) is 2.98. The highest BCUT2D eigenvalue weighted by Gasteiger charge is 2.25. The SMILES string of the molecule is O=C(N[C@H]1CCc2ccccc21)c1n[nH]c2ccccc12. The lowest BCUT2D eigenvalue weighted by atomic mass is 10.1. The van der Waals surface area contributed by atoms with Gasteiger partial charge in [0.25, 0.3) is 5.91 Å². The Morgan fingerprint density at radius 2 is 1.95 bits per heavy atom. The van der Waals surface area contributed by atoms with E-state index in [-0.39, 0.29) is 11.9 Å². The number of carbonyl (C=O) groups is 1. The van der Waals surface area contributed by atoms with Gasteiger partial charge in [-0.25, -0.2) is 0 Å². The molecular formula is C17H15N3O. The molecule has 0 radical (unpaired) electrons. The number of hydrogen-bond acceptors (Lipinski definition) is 2. The second-order valence-corrected chi connectivity index (χ2v) is 5.38. The molecule has 4 heteroatoms. The minimum Gasteiger partial charge on any atom is -0.344 e. The van der Waals surface area contributed by atoms with E-state index >= 15 is 0 Å². The van der Waals surface area contributed by atoms with Crippen LogP contribution in [0.1, 0.15) is 34.1 Å². The van der Waals surface area contributed by atoms with Crippen molar-refractivity contribution in [2.24, 2.45) is 0 Å². The number of H-pyrrole nitrogens is 1. The molecule has 1 aliphatic rings. The van der Waals surface area contributed by atoms with E-state index in [0.717, 1.165) is 23.7 Å². The normalized spacial score (nSPS) is 16.9. The Morgan fingerprint density at radius 3 is 2.90 bits per heavy atom. The third-order valence-corrected chi connectivity index (χ3v) is 4.12. The molecule has 1 aliphatic carbocycles. The van der Waals surface area contributed by atoms with Crippen LogP contribution < -0.4 is 5.32 Å². The lowest BCUT2D eigenvalue weighted by Crippen LogP contribution is -2.27. The van der Waals surface area contributed by atoms with Crippen LogP contribution in [0, 0.1) is 0 Å². The van der Waals surface area contributed by atoms with Crippen molar-refractivity contribution in [3.63, 3.8) is 0 Å². The zero-order valence-corrected chi connectivity index (χ0v) is 11.5. The fraction of sp³-hybridized carbons (Fsp3) is 0.176. The smallest absolute Gasteiger partial charge is 0.272 e. The van der Waals surface area contributed by atoms with E-state index in [0.29, 0.717) is 5.69 Å². The quantitative estimate of drug-likeness (QED) is 0.756. The van der Waals surface area contributed by atoms with Crippen molar-refractivity contribution in [3.8, 4) is 0 Å². The van der Waals surface area contributed by atoms with E-state index in [1.165, 1.54) is 11.1 Å². The molecule has 21 heavy (non-hydrogen) atoms. The fourth-order valence-corrected chi connectivity index (χ4v) is 3.07. The summed E-state index contributed by atoms with van der Waals surface area (Å²) in [7, 11) is 0. The van der Waals surface area contributed by atoms with Gasteiger partial charge in [0.15, 0.2) is 5.69 Å². The van der Waals surface area contributed by atoms with Gasteiger partial charge in [0.1, 0.15) is 0 Å². The minimum absolute atomic E-state index is 0.0872. The number of aromatic nitrogens is 2. The number of aryl methyl sites for hydroxylation is 1. The number of hydrogen-bond donors (Lipinski definition) is 2. The third kappa shape index (κ3) is 2.00. The van der Waals surface area contributed by atoms with Crippen LogP contribution in [-0.2, 0) is 6.42 Å². The van der Waals surface area contributed by atoms with Gasteiger partial charge in [0.2, 0.25) is 0 Å². The summed E-state index contributed by atoms with van der Waals surface area (Å²) in [4.78, 5) is 12.5. The fourth-order valence-electron chi connectivity index (χ4n) is 3.07. The molecule has 4 nitrogen and oxygen atoms in total. The molecule has 1 atom stereocenters. The van der Waals surface area contributed by atoms with Crippen LogP contribution in [0.3, 0.4) is 0 Å². The van der Waals surface area contributed by atoms with Crippen LogP contribution in [0.2, 0.25) is 0 Å². The molecular weight excluding hydrogens is 262 g/mol.